The molecule has 0 aliphatic heterocycles. The standard InChI is InChI=1S/C28H25NO4/c1-32-27-15-21(13-14-26(27)33-19-20-7-3-2-4-8-20)18-29-28(31)24-11-5-9-22(16-24)23-10-6-12-25(30)17-23/h2-17,30H,18-19H2,1H3,(H,29,31). The number of ether oxygens (including phenoxy) is 2. The zero-order chi connectivity index (χ0) is 23.0. The van der Waals surface area contributed by atoms with Gasteiger partial charge in [-0.05, 0) is 58.7 Å². The van der Waals surface area contributed by atoms with Gasteiger partial charge in [-0.3, -0.25) is 4.79 Å². The van der Waals surface area contributed by atoms with E-state index in [0.29, 0.717) is 30.2 Å². The van der Waals surface area contributed by atoms with E-state index in [4.69, 9.17) is 9.47 Å². The van der Waals surface area contributed by atoms with Crippen molar-refractivity contribution in [3.63, 3.8) is 0 Å². The second kappa shape index (κ2) is 10.4. The lowest BCUT2D eigenvalue weighted by atomic mass is 10.0. The van der Waals surface area contributed by atoms with Gasteiger partial charge in [0.05, 0.1) is 7.11 Å². The van der Waals surface area contributed by atoms with Gasteiger partial charge in [0.1, 0.15) is 12.4 Å². The maximum Gasteiger partial charge on any atom is 0.251 e. The number of benzene rings is 4. The second-order valence-electron chi connectivity index (χ2n) is 7.57. The molecule has 0 atom stereocenters. The van der Waals surface area contributed by atoms with Gasteiger partial charge >= 0.3 is 0 Å². The fraction of sp³-hybridized carbons (Fsp3) is 0.107. The zero-order valence-corrected chi connectivity index (χ0v) is 18.3. The van der Waals surface area contributed by atoms with Gasteiger partial charge in [0.25, 0.3) is 5.91 Å². The highest BCUT2D eigenvalue weighted by Gasteiger charge is 2.10. The van der Waals surface area contributed by atoms with E-state index in [1.165, 1.54) is 0 Å². The summed E-state index contributed by atoms with van der Waals surface area (Å²) in [7, 11) is 1.60. The molecule has 0 fully saturated rings. The third-order valence-electron chi connectivity index (χ3n) is 5.22. The number of hydrogen-bond donors (Lipinski definition) is 2. The van der Waals surface area contributed by atoms with Crippen LogP contribution >= 0.6 is 0 Å². The predicted octanol–water partition coefficient (Wildman–Crippen LogP) is 5.58. The Labute approximate surface area is 193 Å². The van der Waals surface area contributed by atoms with Gasteiger partial charge in [0, 0.05) is 12.1 Å². The third kappa shape index (κ3) is 5.71. The van der Waals surface area contributed by atoms with Crippen LogP contribution in [0.2, 0.25) is 0 Å². The minimum atomic E-state index is -0.180. The summed E-state index contributed by atoms with van der Waals surface area (Å²) in [4.78, 5) is 12.7. The fourth-order valence-corrected chi connectivity index (χ4v) is 3.49. The van der Waals surface area contributed by atoms with Gasteiger partial charge in [-0.25, -0.2) is 0 Å². The highest BCUT2D eigenvalue weighted by Crippen LogP contribution is 2.29. The fourth-order valence-electron chi connectivity index (χ4n) is 3.49. The number of phenols is 1. The van der Waals surface area contributed by atoms with Gasteiger partial charge in [-0.15, -0.1) is 0 Å². The molecule has 5 nitrogen and oxygen atoms in total. The first-order chi connectivity index (χ1) is 16.1. The van der Waals surface area contributed by atoms with Crippen molar-refractivity contribution in [3.05, 3.63) is 114 Å². The van der Waals surface area contributed by atoms with E-state index >= 15 is 0 Å². The molecule has 0 aliphatic rings. The molecule has 0 spiro atoms. The summed E-state index contributed by atoms with van der Waals surface area (Å²) in [5, 5.41) is 12.7. The summed E-state index contributed by atoms with van der Waals surface area (Å²) in [6, 6.07) is 29.8. The lowest BCUT2D eigenvalue weighted by Crippen LogP contribution is -2.22. The Morgan fingerprint density at radius 2 is 1.55 bits per heavy atom. The van der Waals surface area contributed by atoms with Crippen LogP contribution in [0.15, 0.2) is 97.1 Å². The molecule has 4 aromatic carbocycles. The first-order valence-electron chi connectivity index (χ1n) is 10.6. The lowest BCUT2D eigenvalue weighted by Gasteiger charge is -2.13. The van der Waals surface area contributed by atoms with E-state index in [-0.39, 0.29) is 11.7 Å². The molecule has 0 bridgehead atoms. The molecule has 166 valence electrons. The topological polar surface area (TPSA) is 67.8 Å². The zero-order valence-electron chi connectivity index (χ0n) is 18.3. The van der Waals surface area contributed by atoms with Crippen LogP contribution in [0, 0.1) is 0 Å². The number of nitrogens with one attached hydrogen (secondary N) is 1. The van der Waals surface area contributed by atoms with Crippen LogP contribution in [0.4, 0.5) is 0 Å². The summed E-state index contributed by atoms with van der Waals surface area (Å²) in [5.41, 5.74) is 4.23. The molecule has 5 heteroatoms. The first kappa shape index (κ1) is 22.0. The monoisotopic (exact) mass is 439 g/mol. The minimum absolute atomic E-state index is 0.180. The molecule has 2 N–H and O–H groups in total. The molecule has 0 saturated heterocycles. The smallest absolute Gasteiger partial charge is 0.251 e. The van der Waals surface area contributed by atoms with E-state index in [2.05, 4.69) is 5.32 Å². The van der Waals surface area contributed by atoms with Gasteiger partial charge in [0.2, 0.25) is 0 Å². The van der Waals surface area contributed by atoms with E-state index in [1.807, 2.05) is 72.8 Å². The number of carbonyl (C=O) groups excluding carboxylic acids is 1. The number of carbonyl (C=O) groups is 1. The van der Waals surface area contributed by atoms with E-state index < -0.39 is 0 Å². The van der Waals surface area contributed by atoms with Gasteiger partial charge in [-0.2, -0.15) is 0 Å². The maximum atomic E-state index is 12.7. The van der Waals surface area contributed by atoms with Crippen molar-refractivity contribution in [2.75, 3.05) is 7.11 Å². The molecule has 4 rings (SSSR count). The van der Waals surface area contributed by atoms with E-state index in [9.17, 15) is 9.90 Å². The van der Waals surface area contributed by atoms with E-state index in [0.717, 1.165) is 22.3 Å². The van der Waals surface area contributed by atoms with Crippen LogP contribution in [-0.4, -0.2) is 18.1 Å². The van der Waals surface area contributed by atoms with Gasteiger partial charge in [-0.1, -0.05) is 60.7 Å². The summed E-state index contributed by atoms with van der Waals surface area (Å²) in [5.74, 6) is 1.27. The average molecular weight is 440 g/mol. The van der Waals surface area contributed by atoms with Crippen molar-refractivity contribution in [3.8, 4) is 28.4 Å². The summed E-state index contributed by atoms with van der Waals surface area (Å²) in [6.45, 7) is 0.799. The highest BCUT2D eigenvalue weighted by atomic mass is 16.5. The van der Waals surface area contributed by atoms with Crippen molar-refractivity contribution in [2.45, 2.75) is 13.2 Å². The van der Waals surface area contributed by atoms with Crippen molar-refractivity contribution in [1.82, 2.24) is 5.32 Å². The van der Waals surface area contributed by atoms with Crippen molar-refractivity contribution in [2.24, 2.45) is 0 Å². The Morgan fingerprint density at radius 3 is 2.30 bits per heavy atom. The molecule has 1 amide bonds. The summed E-state index contributed by atoms with van der Waals surface area (Å²) < 4.78 is 11.4. The average Bonchev–Trinajstić information content (AvgIpc) is 2.87. The molecule has 0 unspecified atom stereocenters. The number of phenolic OH excluding ortho intramolecular Hbond substituents is 1. The molecular formula is C28H25NO4. The van der Waals surface area contributed by atoms with Crippen LogP contribution in [0.1, 0.15) is 21.5 Å². The van der Waals surface area contributed by atoms with Gasteiger partial charge < -0.3 is 19.9 Å². The predicted molar refractivity (Wildman–Crippen MR) is 128 cm³/mol. The number of hydrogen-bond acceptors (Lipinski definition) is 4. The Balaban J connectivity index is 1.40. The number of methoxy groups -OCH3 is 1. The van der Waals surface area contributed by atoms with Crippen molar-refractivity contribution in [1.29, 1.82) is 0 Å². The maximum absolute atomic E-state index is 12.7. The number of rotatable bonds is 8. The molecular weight excluding hydrogens is 414 g/mol. The third-order valence-corrected chi connectivity index (χ3v) is 5.22. The molecule has 0 radical (unpaired) electrons. The molecule has 4 aromatic rings. The highest BCUT2D eigenvalue weighted by molar-refractivity contribution is 5.95. The Bertz CT molecular complexity index is 1240. The van der Waals surface area contributed by atoms with Crippen LogP contribution in [0.25, 0.3) is 11.1 Å². The number of aromatic hydroxyl groups is 1. The Kier molecular flexibility index (Phi) is 6.90. The minimum Gasteiger partial charge on any atom is -0.508 e. The van der Waals surface area contributed by atoms with Crippen LogP contribution in [0.5, 0.6) is 17.2 Å². The van der Waals surface area contributed by atoms with Crippen LogP contribution in [0.3, 0.4) is 0 Å². The van der Waals surface area contributed by atoms with E-state index in [1.54, 1.807) is 31.4 Å². The summed E-state index contributed by atoms with van der Waals surface area (Å²) in [6.07, 6.45) is 0. The molecule has 0 aromatic heterocycles. The van der Waals surface area contributed by atoms with Crippen molar-refractivity contribution >= 4 is 5.91 Å². The molecule has 33 heavy (non-hydrogen) atoms. The van der Waals surface area contributed by atoms with Crippen LogP contribution < -0.4 is 14.8 Å². The second-order valence-corrected chi connectivity index (χ2v) is 7.57. The van der Waals surface area contributed by atoms with Gasteiger partial charge in [0.15, 0.2) is 11.5 Å². The van der Waals surface area contributed by atoms with Crippen LogP contribution in [-0.2, 0) is 13.2 Å². The SMILES string of the molecule is COc1cc(CNC(=O)c2cccc(-c3cccc(O)c3)c2)ccc1OCc1ccccc1. The molecule has 0 aliphatic carbocycles. The van der Waals surface area contributed by atoms with Crippen molar-refractivity contribution < 1.29 is 19.4 Å². The quantitative estimate of drug-likeness (QED) is 0.376. The Morgan fingerprint density at radius 1 is 0.788 bits per heavy atom. The largest absolute Gasteiger partial charge is 0.508 e. The summed E-state index contributed by atoms with van der Waals surface area (Å²) >= 11 is 0. The first-order valence-corrected chi connectivity index (χ1v) is 10.6. The molecule has 0 heterocycles. The lowest BCUT2D eigenvalue weighted by molar-refractivity contribution is 0.0951. The Hall–Kier alpha value is -4.25. The normalized spacial score (nSPS) is 10.5. The molecule has 0 saturated carbocycles. The number of amides is 1.